The van der Waals surface area contributed by atoms with Crippen LogP contribution in [-0.4, -0.2) is 38.0 Å². The molecule has 8 nitrogen and oxygen atoms in total. The van der Waals surface area contributed by atoms with E-state index < -0.39 is 5.91 Å². The fourth-order valence-corrected chi connectivity index (χ4v) is 2.34. The summed E-state index contributed by atoms with van der Waals surface area (Å²) in [5.41, 5.74) is 3.55. The molecule has 2 amide bonds. The Balaban J connectivity index is 1.44. The average Bonchev–Trinajstić information content (AvgIpc) is 3.15. The maximum atomic E-state index is 12.1. The molecule has 27 heavy (non-hydrogen) atoms. The summed E-state index contributed by atoms with van der Waals surface area (Å²) in [5.74, 6) is 1.04. The van der Waals surface area contributed by atoms with Crippen LogP contribution in [-0.2, 0) is 4.79 Å². The van der Waals surface area contributed by atoms with Crippen LogP contribution in [0.3, 0.4) is 0 Å². The minimum absolute atomic E-state index is 0.134. The summed E-state index contributed by atoms with van der Waals surface area (Å²) in [6, 6.07) is 12.1. The molecule has 0 radical (unpaired) electrons. The number of carbonyl (C=O) groups excluding carboxylic acids is 2. The summed E-state index contributed by atoms with van der Waals surface area (Å²) in [7, 11) is 0. The molecule has 0 fully saturated rings. The molecule has 140 valence electrons. The topological polar surface area (TPSA) is 98.2 Å². The molecule has 8 heteroatoms. The van der Waals surface area contributed by atoms with Crippen molar-refractivity contribution in [2.45, 2.75) is 6.92 Å². The number of ether oxygens (including phenoxy) is 3. The van der Waals surface area contributed by atoms with Gasteiger partial charge < -0.3 is 19.5 Å². The van der Waals surface area contributed by atoms with Gasteiger partial charge in [-0.25, -0.2) is 5.43 Å². The molecule has 0 aliphatic carbocycles. The van der Waals surface area contributed by atoms with Crippen LogP contribution in [0.1, 0.15) is 22.8 Å². The van der Waals surface area contributed by atoms with E-state index in [1.54, 1.807) is 18.2 Å². The second-order valence-electron chi connectivity index (χ2n) is 5.55. The van der Waals surface area contributed by atoms with E-state index in [4.69, 9.17) is 14.2 Å². The van der Waals surface area contributed by atoms with Crippen LogP contribution in [0.15, 0.2) is 47.6 Å². The second kappa shape index (κ2) is 8.70. The highest BCUT2D eigenvalue weighted by atomic mass is 16.7. The zero-order valence-corrected chi connectivity index (χ0v) is 14.7. The number of hydrogen-bond donors (Lipinski definition) is 2. The van der Waals surface area contributed by atoms with E-state index in [0.717, 1.165) is 11.3 Å². The molecule has 2 aromatic carbocycles. The monoisotopic (exact) mass is 369 g/mol. The Kier molecular flexibility index (Phi) is 5.88. The third kappa shape index (κ3) is 4.97. The van der Waals surface area contributed by atoms with Crippen LogP contribution < -0.4 is 25.0 Å². The Hall–Kier alpha value is -3.55. The maximum Gasteiger partial charge on any atom is 0.259 e. The number of fused-ring (bicyclic) bond motifs is 1. The Morgan fingerprint density at radius 3 is 2.70 bits per heavy atom. The van der Waals surface area contributed by atoms with Crippen molar-refractivity contribution in [1.82, 2.24) is 10.7 Å². The molecule has 2 aromatic rings. The first-order valence-corrected chi connectivity index (χ1v) is 8.38. The largest absolute Gasteiger partial charge is 0.494 e. The summed E-state index contributed by atoms with van der Waals surface area (Å²) >= 11 is 0. The molecular weight excluding hydrogens is 350 g/mol. The number of hydrogen-bond acceptors (Lipinski definition) is 6. The second-order valence-corrected chi connectivity index (χ2v) is 5.55. The number of carbonyl (C=O) groups is 2. The van der Waals surface area contributed by atoms with Gasteiger partial charge in [-0.15, -0.1) is 0 Å². The van der Waals surface area contributed by atoms with Crippen LogP contribution in [0.25, 0.3) is 0 Å². The third-order valence-electron chi connectivity index (χ3n) is 3.64. The molecule has 0 spiro atoms. The smallest absolute Gasteiger partial charge is 0.259 e. The van der Waals surface area contributed by atoms with Crippen LogP contribution >= 0.6 is 0 Å². The standard InChI is InChI=1S/C19H19N3O5/c1-2-25-15-6-3-13(4-7-15)10-21-22-18(23)11-20-19(24)14-5-8-16-17(9-14)27-12-26-16/h3-10H,2,11-12H2,1H3,(H,20,24)(H,22,23)/b21-10+. The first-order valence-electron chi connectivity index (χ1n) is 8.38. The molecule has 2 N–H and O–H groups in total. The lowest BCUT2D eigenvalue weighted by atomic mass is 10.2. The number of benzene rings is 2. The van der Waals surface area contributed by atoms with Gasteiger partial charge in [0.2, 0.25) is 6.79 Å². The highest BCUT2D eigenvalue weighted by molar-refractivity contribution is 5.97. The predicted molar refractivity (Wildman–Crippen MR) is 98.2 cm³/mol. The third-order valence-corrected chi connectivity index (χ3v) is 3.64. The number of hydrazone groups is 1. The molecule has 1 heterocycles. The molecule has 3 rings (SSSR count). The Morgan fingerprint density at radius 1 is 1.15 bits per heavy atom. The van der Waals surface area contributed by atoms with Crippen LogP contribution in [0.5, 0.6) is 17.2 Å². The van der Waals surface area contributed by atoms with Crippen molar-refractivity contribution < 1.29 is 23.8 Å². The lowest BCUT2D eigenvalue weighted by molar-refractivity contribution is -0.120. The zero-order valence-electron chi connectivity index (χ0n) is 14.7. The molecule has 1 aliphatic rings. The number of nitrogens with one attached hydrogen (secondary N) is 2. The van der Waals surface area contributed by atoms with E-state index in [9.17, 15) is 9.59 Å². The van der Waals surface area contributed by atoms with Crippen LogP contribution in [0.2, 0.25) is 0 Å². The SMILES string of the molecule is CCOc1ccc(/C=N/NC(=O)CNC(=O)c2ccc3c(c2)OCO3)cc1. The molecule has 0 atom stereocenters. The fourth-order valence-electron chi connectivity index (χ4n) is 2.34. The molecule has 0 unspecified atom stereocenters. The summed E-state index contributed by atoms with van der Waals surface area (Å²) in [5, 5.41) is 6.38. The Labute approximate surface area is 156 Å². The first-order chi connectivity index (χ1) is 13.2. The normalized spacial score (nSPS) is 12.0. The van der Waals surface area contributed by atoms with Crippen molar-refractivity contribution in [2.24, 2.45) is 5.10 Å². The van der Waals surface area contributed by atoms with Crippen molar-refractivity contribution >= 4 is 18.0 Å². The minimum atomic E-state index is -0.439. The number of nitrogens with zero attached hydrogens (tertiary/aromatic N) is 1. The van der Waals surface area contributed by atoms with E-state index in [0.29, 0.717) is 23.7 Å². The summed E-state index contributed by atoms with van der Waals surface area (Å²) in [4.78, 5) is 23.9. The number of amides is 2. The molecular formula is C19H19N3O5. The highest BCUT2D eigenvalue weighted by Crippen LogP contribution is 2.32. The van der Waals surface area contributed by atoms with Gasteiger partial charge in [0.15, 0.2) is 11.5 Å². The summed E-state index contributed by atoms with van der Waals surface area (Å²) < 4.78 is 15.8. The van der Waals surface area contributed by atoms with Gasteiger partial charge in [0, 0.05) is 5.56 Å². The van der Waals surface area contributed by atoms with Gasteiger partial charge in [0.25, 0.3) is 11.8 Å². The Morgan fingerprint density at radius 2 is 1.93 bits per heavy atom. The van der Waals surface area contributed by atoms with Crippen molar-refractivity contribution in [3.05, 3.63) is 53.6 Å². The number of rotatable bonds is 7. The van der Waals surface area contributed by atoms with Gasteiger partial charge >= 0.3 is 0 Å². The molecule has 0 saturated heterocycles. The maximum absolute atomic E-state index is 12.1. The molecule has 0 aromatic heterocycles. The van der Waals surface area contributed by atoms with E-state index in [1.165, 1.54) is 6.21 Å². The quantitative estimate of drug-likeness (QED) is 0.572. The van der Waals surface area contributed by atoms with Crippen molar-refractivity contribution in [2.75, 3.05) is 19.9 Å². The van der Waals surface area contributed by atoms with E-state index in [-0.39, 0.29) is 19.2 Å². The predicted octanol–water partition coefficient (Wildman–Crippen LogP) is 1.69. The van der Waals surface area contributed by atoms with E-state index >= 15 is 0 Å². The zero-order chi connectivity index (χ0) is 19.1. The van der Waals surface area contributed by atoms with Crippen LogP contribution in [0, 0.1) is 0 Å². The van der Waals surface area contributed by atoms with Gasteiger partial charge in [-0.1, -0.05) is 0 Å². The van der Waals surface area contributed by atoms with Crippen molar-refractivity contribution in [3.8, 4) is 17.2 Å². The van der Waals surface area contributed by atoms with Gasteiger partial charge in [-0.3, -0.25) is 9.59 Å². The Bertz CT molecular complexity index is 849. The summed E-state index contributed by atoms with van der Waals surface area (Å²) in [6.07, 6.45) is 1.51. The van der Waals surface area contributed by atoms with Gasteiger partial charge in [-0.05, 0) is 55.0 Å². The van der Waals surface area contributed by atoms with Crippen LogP contribution in [0.4, 0.5) is 0 Å². The van der Waals surface area contributed by atoms with Gasteiger partial charge in [-0.2, -0.15) is 5.10 Å². The average molecular weight is 369 g/mol. The van der Waals surface area contributed by atoms with Gasteiger partial charge in [0.1, 0.15) is 5.75 Å². The highest BCUT2D eigenvalue weighted by Gasteiger charge is 2.16. The van der Waals surface area contributed by atoms with E-state index in [1.807, 2.05) is 31.2 Å². The van der Waals surface area contributed by atoms with E-state index in [2.05, 4.69) is 15.8 Å². The molecule has 0 saturated carbocycles. The minimum Gasteiger partial charge on any atom is -0.494 e. The lowest BCUT2D eigenvalue weighted by Crippen LogP contribution is -2.34. The summed E-state index contributed by atoms with van der Waals surface area (Å²) in [6.45, 7) is 2.45. The lowest BCUT2D eigenvalue weighted by Gasteiger charge is -2.05. The van der Waals surface area contributed by atoms with Crippen molar-refractivity contribution in [3.63, 3.8) is 0 Å². The molecule has 0 bridgehead atoms. The fraction of sp³-hybridized carbons (Fsp3) is 0.211. The van der Waals surface area contributed by atoms with Crippen molar-refractivity contribution in [1.29, 1.82) is 0 Å². The van der Waals surface area contributed by atoms with Gasteiger partial charge in [0.05, 0.1) is 19.4 Å². The first kappa shape index (κ1) is 18.2. The molecule has 1 aliphatic heterocycles.